The Morgan fingerprint density at radius 1 is 1.46 bits per heavy atom. The van der Waals surface area contributed by atoms with Crippen LogP contribution in [0.2, 0.25) is 0 Å². The molecule has 24 heavy (non-hydrogen) atoms. The molecule has 0 amide bonds. The van der Waals surface area contributed by atoms with Gasteiger partial charge in [-0.3, -0.25) is 0 Å². The molecule has 2 aromatic rings. The van der Waals surface area contributed by atoms with Crippen LogP contribution in [0.3, 0.4) is 0 Å². The van der Waals surface area contributed by atoms with E-state index in [4.69, 9.17) is 0 Å². The van der Waals surface area contributed by atoms with Crippen LogP contribution < -0.4 is 4.74 Å². The lowest BCUT2D eigenvalue weighted by Gasteiger charge is -2.15. The van der Waals surface area contributed by atoms with Gasteiger partial charge in [0, 0.05) is 10.4 Å². The van der Waals surface area contributed by atoms with Crippen LogP contribution in [0.15, 0.2) is 24.3 Å². The molecule has 0 bridgehead atoms. The standard InChI is InChI=1S/C18H16F2N2OS/c1-11-6-7-14-16(8-11)24-17(22-14)13(10-21)9-12-4-2-3-5-15(12)23-18(19)20/h2-5,9,11,18H,6-8H2,1H3. The van der Waals surface area contributed by atoms with Crippen LogP contribution >= 0.6 is 11.3 Å². The number of aryl methyl sites for hydroxylation is 1. The molecule has 0 fully saturated rings. The lowest BCUT2D eigenvalue weighted by atomic mass is 9.93. The summed E-state index contributed by atoms with van der Waals surface area (Å²) < 4.78 is 29.5. The van der Waals surface area contributed by atoms with Crippen molar-refractivity contribution in [3.8, 4) is 11.8 Å². The summed E-state index contributed by atoms with van der Waals surface area (Å²) in [4.78, 5) is 5.81. The Bertz CT molecular complexity index is 808. The van der Waals surface area contributed by atoms with Gasteiger partial charge in [-0.25, -0.2) is 4.98 Å². The zero-order chi connectivity index (χ0) is 17.1. The number of alkyl halides is 2. The van der Waals surface area contributed by atoms with Crippen molar-refractivity contribution in [3.63, 3.8) is 0 Å². The van der Waals surface area contributed by atoms with Crippen molar-refractivity contribution in [2.45, 2.75) is 32.8 Å². The van der Waals surface area contributed by atoms with Gasteiger partial charge in [-0.1, -0.05) is 25.1 Å². The zero-order valence-corrected chi connectivity index (χ0v) is 13.9. The van der Waals surface area contributed by atoms with Gasteiger partial charge in [0.15, 0.2) is 0 Å². The van der Waals surface area contributed by atoms with Gasteiger partial charge in [0.25, 0.3) is 0 Å². The topological polar surface area (TPSA) is 45.9 Å². The largest absolute Gasteiger partial charge is 0.434 e. The number of benzene rings is 1. The van der Waals surface area contributed by atoms with E-state index in [1.54, 1.807) is 24.3 Å². The summed E-state index contributed by atoms with van der Waals surface area (Å²) in [5.74, 6) is 0.677. The molecule has 1 aromatic carbocycles. The molecule has 1 unspecified atom stereocenters. The lowest BCUT2D eigenvalue weighted by molar-refractivity contribution is -0.0499. The van der Waals surface area contributed by atoms with E-state index in [0.29, 0.717) is 22.1 Å². The van der Waals surface area contributed by atoms with E-state index in [1.165, 1.54) is 22.3 Å². The molecule has 0 saturated heterocycles. The van der Waals surface area contributed by atoms with Gasteiger partial charge in [0.1, 0.15) is 16.8 Å². The molecule has 0 radical (unpaired) electrons. The molecule has 1 aliphatic rings. The monoisotopic (exact) mass is 346 g/mol. The number of ether oxygens (including phenoxy) is 1. The number of nitriles is 1. The Morgan fingerprint density at radius 3 is 3.00 bits per heavy atom. The number of hydrogen-bond donors (Lipinski definition) is 0. The first-order valence-corrected chi connectivity index (χ1v) is 8.53. The van der Waals surface area contributed by atoms with E-state index in [1.807, 2.05) is 0 Å². The van der Waals surface area contributed by atoms with Gasteiger partial charge in [0.2, 0.25) is 0 Å². The highest BCUT2D eigenvalue weighted by molar-refractivity contribution is 7.13. The molecule has 1 aliphatic carbocycles. The van der Waals surface area contributed by atoms with Gasteiger partial charge < -0.3 is 4.74 Å². The van der Waals surface area contributed by atoms with Gasteiger partial charge in [0.05, 0.1) is 11.3 Å². The van der Waals surface area contributed by atoms with Crippen molar-refractivity contribution in [1.82, 2.24) is 4.98 Å². The molecule has 1 aromatic heterocycles. The fourth-order valence-electron chi connectivity index (χ4n) is 2.76. The summed E-state index contributed by atoms with van der Waals surface area (Å²) in [5, 5.41) is 10.1. The molecule has 1 atom stereocenters. The summed E-state index contributed by atoms with van der Waals surface area (Å²) in [5.41, 5.74) is 1.87. The minimum atomic E-state index is -2.90. The third-order valence-corrected chi connectivity index (χ3v) is 5.13. The van der Waals surface area contributed by atoms with E-state index in [-0.39, 0.29) is 5.75 Å². The SMILES string of the molecule is CC1CCc2nc(C(C#N)=Cc3ccccc3OC(F)F)sc2C1. The van der Waals surface area contributed by atoms with E-state index < -0.39 is 6.61 Å². The molecule has 124 valence electrons. The molecule has 6 heteroatoms. The second kappa shape index (κ2) is 7.10. The zero-order valence-electron chi connectivity index (χ0n) is 13.1. The average molecular weight is 346 g/mol. The van der Waals surface area contributed by atoms with Crippen molar-refractivity contribution in [2.75, 3.05) is 0 Å². The van der Waals surface area contributed by atoms with E-state index >= 15 is 0 Å². The summed E-state index contributed by atoms with van der Waals surface area (Å²) in [6.07, 6.45) is 4.58. The van der Waals surface area contributed by atoms with Crippen LogP contribution in [0.25, 0.3) is 11.6 Å². The van der Waals surface area contributed by atoms with Crippen molar-refractivity contribution >= 4 is 23.0 Å². The van der Waals surface area contributed by atoms with Gasteiger partial charge in [-0.05, 0) is 37.3 Å². The highest BCUT2D eigenvalue weighted by atomic mass is 32.1. The lowest BCUT2D eigenvalue weighted by Crippen LogP contribution is -2.09. The Kier molecular flexibility index (Phi) is 4.91. The fourth-order valence-corrected chi connectivity index (χ4v) is 3.99. The third kappa shape index (κ3) is 3.62. The number of rotatable bonds is 4. The number of hydrogen-bond acceptors (Lipinski definition) is 4. The smallest absolute Gasteiger partial charge is 0.387 e. The highest BCUT2D eigenvalue weighted by Crippen LogP contribution is 2.34. The summed E-state index contributed by atoms with van der Waals surface area (Å²) >= 11 is 1.52. The van der Waals surface area contributed by atoms with Gasteiger partial charge in [-0.2, -0.15) is 14.0 Å². The van der Waals surface area contributed by atoms with E-state index in [0.717, 1.165) is 25.0 Å². The van der Waals surface area contributed by atoms with Gasteiger partial charge >= 0.3 is 6.61 Å². The Balaban J connectivity index is 1.95. The number of thiazole rings is 1. The molecular weight excluding hydrogens is 330 g/mol. The molecule has 0 aliphatic heterocycles. The third-order valence-electron chi connectivity index (χ3n) is 3.97. The van der Waals surface area contributed by atoms with Crippen molar-refractivity contribution < 1.29 is 13.5 Å². The van der Waals surface area contributed by atoms with Crippen LogP contribution in [-0.4, -0.2) is 11.6 Å². The quantitative estimate of drug-likeness (QED) is 0.737. The number of aromatic nitrogens is 1. The van der Waals surface area contributed by atoms with Crippen molar-refractivity contribution in [1.29, 1.82) is 5.26 Å². The van der Waals surface area contributed by atoms with Crippen LogP contribution in [0.5, 0.6) is 5.75 Å². The number of fused-ring (bicyclic) bond motifs is 1. The maximum absolute atomic E-state index is 12.5. The number of allylic oxidation sites excluding steroid dienone is 1. The molecule has 0 N–H and O–H groups in total. The molecule has 3 nitrogen and oxygen atoms in total. The number of para-hydroxylation sites is 1. The molecule has 1 heterocycles. The summed E-state index contributed by atoms with van der Waals surface area (Å²) in [6.45, 7) is -0.694. The number of halogens is 2. The van der Waals surface area contributed by atoms with Gasteiger partial charge in [-0.15, -0.1) is 11.3 Å². The average Bonchev–Trinajstić information content (AvgIpc) is 2.96. The number of nitrogens with zero attached hydrogens (tertiary/aromatic N) is 2. The Hall–Kier alpha value is -2.26. The van der Waals surface area contributed by atoms with Crippen molar-refractivity contribution in [2.24, 2.45) is 5.92 Å². The predicted octanol–water partition coefficient (Wildman–Crippen LogP) is 4.93. The predicted molar refractivity (Wildman–Crippen MR) is 89.9 cm³/mol. The maximum Gasteiger partial charge on any atom is 0.387 e. The van der Waals surface area contributed by atoms with Crippen LogP contribution in [0, 0.1) is 17.2 Å². The minimum absolute atomic E-state index is 0.0511. The normalized spacial score (nSPS) is 17.5. The van der Waals surface area contributed by atoms with Crippen LogP contribution in [0.1, 0.15) is 34.5 Å². The second-order valence-corrected chi connectivity index (χ2v) is 6.91. The minimum Gasteiger partial charge on any atom is -0.434 e. The molecule has 0 saturated carbocycles. The van der Waals surface area contributed by atoms with Crippen LogP contribution in [0.4, 0.5) is 8.78 Å². The van der Waals surface area contributed by atoms with E-state index in [2.05, 4.69) is 22.7 Å². The molecular formula is C18H16F2N2OS. The fraction of sp³-hybridized carbons (Fsp3) is 0.333. The molecule has 3 rings (SSSR count). The first-order valence-electron chi connectivity index (χ1n) is 7.71. The highest BCUT2D eigenvalue weighted by Gasteiger charge is 2.21. The van der Waals surface area contributed by atoms with E-state index in [9.17, 15) is 14.0 Å². The molecule has 0 spiro atoms. The second-order valence-electron chi connectivity index (χ2n) is 5.82. The Labute approximate surface area is 143 Å². The maximum atomic E-state index is 12.5. The summed E-state index contributed by atoms with van der Waals surface area (Å²) in [7, 11) is 0. The first-order chi connectivity index (χ1) is 11.6. The first kappa shape index (κ1) is 16.6. The Morgan fingerprint density at radius 2 is 2.25 bits per heavy atom. The van der Waals surface area contributed by atoms with Crippen molar-refractivity contribution in [3.05, 3.63) is 45.4 Å². The van der Waals surface area contributed by atoms with Crippen LogP contribution in [-0.2, 0) is 12.8 Å². The summed E-state index contributed by atoms with van der Waals surface area (Å²) in [6, 6.07) is 8.57.